The van der Waals surface area contributed by atoms with Crippen molar-refractivity contribution in [1.29, 1.82) is 0 Å². The average Bonchev–Trinajstić information content (AvgIpc) is 2.03. The lowest BCUT2D eigenvalue weighted by molar-refractivity contribution is 0.806. The Bertz CT molecular complexity index is 271. The first-order chi connectivity index (χ1) is 5.34. The Balaban J connectivity index is 2.70. The van der Waals surface area contributed by atoms with Crippen LogP contribution in [0.25, 0.3) is 0 Å². The van der Waals surface area contributed by atoms with Crippen LogP contribution in [0.15, 0.2) is 23.4 Å². The minimum Gasteiger partial charge on any atom is -0.289 e. The summed E-state index contributed by atoms with van der Waals surface area (Å²) in [6, 6.07) is 1.47. The third-order valence-corrected chi connectivity index (χ3v) is 2.10. The zero-order valence-electron chi connectivity index (χ0n) is 6.36. The van der Waals surface area contributed by atoms with Gasteiger partial charge in [0.2, 0.25) is 0 Å². The van der Waals surface area contributed by atoms with Gasteiger partial charge in [-0.25, -0.2) is 4.98 Å². The normalized spacial score (nSPS) is 9.91. The molecule has 3 nitrogen and oxygen atoms in total. The highest BCUT2D eigenvalue weighted by atomic mass is 32.2. The fourth-order valence-corrected chi connectivity index (χ4v) is 1.24. The van der Waals surface area contributed by atoms with Gasteiger partial charge < -0.3 is 0 Å². The van der Waals surface area contributed by atoms with Gasteiger partial charge in [-0.2, -0.15) is 0 Å². The van der Waals surface area contributed by atoms with E-state index in [4.69, 9.17) is 0 Å². The number of nitrogens with zero attached hydrogens (tertiary/aromatic N) is 2. The summed E-state index contributed by atoms with van der Waals surface area (Å²) in [4.78, 5) is 14.9. The zero-order valence-corrected chi connectivity index (χ0v) is 7.17. The van der Waals surface area contributed by atoms with Crippen molar-refractivity contribution in [2.45, 2.75) is 12.8 Å². The highest BCUT2D eigenvalue weighted by molar-refractivity contribution is 7.98. The Labute approximate surface area is 69.5 Å². The molecule has 0 radical (unpaired) electrons. The third kappa shape index (κ3) is 2.38. The minimum atomic E-state index is 0.0148. The van der Waals surface area contributed by atoms with Crippen LogP contribution in [0.1, 0.15) is 6.92 Å². The van der Waals surface area contributed by atoms with E-state index in [1.807, 2.05) is 0 Å². The molecule has 0 atom stereocenters. The van der Waals surface area contributed by atoms with Gasteiger partial charge >= 0.3 is 0 Å². The topological polar surface area (TPSA) is 34.9 Å². The highest BCUT2D eigenvalue weighted by Crippen LogP contribution is 1.99. The molecule has 0 fully saturated rings. The van der Waals surface area contributed by atoms with Gasteiger partial charge in [0.25, 0.3) is 5.56 Å². The van der Waals surface area contributed by atoms with E-state index in [9.17, 15) is 4.79 Å². The number of hydrogen-bond acceptors (Lipinski definition) is 3. The van der Waals surface area contributed by atoms with Gasteiger partial charge in [0.05, 0.1) is 12.2 Å². The number of hydrogen-bond donors (Lipinski definition) is 0. The van der Waals surface area contributed by atoms with Crippen molar-refractivity contribution < 1.29 is 0 Å². The van der Waals surface area contributed by atoms with Crippen LogP contribution in [0.5, 0.6) is 0 Å². The van der Waals surface area contributed by atoms with E-state index in [2.05, 4.69) is 11.9 Å². The predicted molar refractivity (Wildman–Crippen MR) is 46.6 cm³/mol. The molecule has 0 N–H and O–H groups in total. The van der Waals surface area contributed by atoms with Crippen LogP contribution in [-0.2, 0) is 5.88 Å². The Morgan fingerprint density at radius 3 is 3.18 bits per heavy atom. The van der Waals surface area contributed by atoms with E-state index in [1.54, 1.807) is 22.7 Å². The maximum atomic E-state index is 11.0. The first kappa shape index (κ1) is 8.33. The van der Waals surface area contributed by atoms with Gasteiger partial charge in [-0.1, -0.05) is 6.92 Å². The van der Waals surface area contributed by atoms with Crippen LogP contribution in [0, 0.1) is 0 Å². The summed E-state index contributed by atoms with van der Waals surface area (Å²) in [6.07, 6.45) is 3.07. The average molecular weight is 170 g/mol. The van der Waals surface area contributed by atoms with Gasteiger partial charge in [-0.15, -0.1) is 11.8 Å². The summed E-state index contributed by atoms with van der Waals surface area (Å²) in [7, 11) is 0. The summed E-state index contributed by atoms with van der Waals surface area (Å²) in [5.41, 5.74) is 0.0148. The molecule has 0 aliphatic carbocycles. The number of rotatable bonds is 3. The van der Waals surface area contributed by atoms with E-state index in [0.29, 0.717) is 5.88 Å². The van der Waals surface area contributed by atoms with E-state index in [0.717, 1.165) is 5.75 Å². The quantitative estimate of drug-likeness (QED) is 0.677. The molecule has 4 heteroatoms. The van der Waals surface area contributed by atoms with E-state index >= 15 is 0 Å². The monoisotopic (exact) mass is 170 g/mol. The van der Waals surface area contributed by atoms with Crippen LogP contribution in [-0.4, -0.2) is 15.3 Å². The molecule has 0 aliphatic rings. The van der Waals surface area contributed by atoms with Gasteiger partial charge in [0.15, 0.2) is 0 Å². The van der Waals surface area contributed by atoms with Gasteiger partial charge in [0, 0.05) is 12.3 Å². The Kier molecular flexibility index (Phi) is 3.16. The van der Waals surface area contributed by atoms with Crippen molar-refractivity contribution in [2.75, 3.05) is 5.75 Å². The Morgan fingerprint density at radius 2 is 2.55 bits per heavy atom. The molecule has 1 heterocycles. The van der Waals surface area contributed by atoms with Gasteiger partial charge in [-0.05, 0) is 5.75 Å². The van der Waals surface area contributed by atoms with Crippen LogP contribution in [0.3, 0.4) is 0 Å². The molecule has 0 aliphatic heterocycles. The summed E-state index contributed by atoms with van der Waals surface area (Å²) in [5, 5.41) is 0. The van der Waals surface area contributed by atoms with Crippen LogP contribution < -0.4 is 5.56 Å². The van der Waals surface area contributed by atoms with Crippen LogP contribution in [0.4, 0.5) is 0 Å². The van der Waals surface area contributed by atoms with Crippen LogP contribution >= 0.6 is 11.8 Å². The molecule has 0 amide bonds. The first-order valence-electron chi connectivity index (χ1n) is 3.43. The fourth-order valence-electron chi connectivity index (χ4n) is 0.665. The maximum Gasteiger partial charge on any atom is 0.253 e. The molecule has 0 bridgehead atoms. The molecular formula is C7H10N2OS. The van der Waals surface area contributed by atoms with Crippen LogP contribution in [0.2, 0.25) is 0 Å². The summed E-state index contributed by atoms with van der Waals surface area (Å²) < 4.78 is 1.59. The van der Waals surface area contributed by atoms with Gasteiger partial charge in [0.1, 0.15) is 0 Å². The van der Waals surface area contributed by atoms with E-state index in [-0.39, 0.29) is 5.56 Å². The lowest BCUT2D eigenvalue weighted by Crippen LogP contribution is -2.17. The van der Waals surface area contributed by atoms with Gasteiger partial charge in [-0.3, -0.25) is 9.36 Å². The molecule has 1 rings (SSSR count). The smallest absolute Gasteiger partial charge is 0.253 e. The van der Waals surface area contributed by atoms with Crippen molar-refractivity contribution >= 4 is 11.8 Å². The second-order valence-electron chi connectivity index (χ2n) is 2.01. The first-order valence-corrected chi connectivity index (χ1v) is 4.58. The molecule has 0 spiro atoms. The summed E-state index contributed by atoms with van der Waals surface area (Å²) in [5.74, 6) is 1.71. The third-order valence-electron chi connectivity index (χ3n) is 1.23. The lowest BCUT2D eigenvalue weighted by atomic mass is 10.6. The maximum absolute atomic E-state index is 11.0. The second kappa shape index (κ2) is 4.18. The fraction of sp³-hybridized carbons (Fsp3) is 0.429. The Hall–Kier alpha value is -0.770. The van der Waals surface area contributed by atoms with E-state index in [1.165, 1.54) is 12.3 Å². The molecule has 1 aromatic heterocycles. The summed E-state index contributed by atoms with van der Waals surface area (Å²) in [6.45, 7) is 2.06. The standard InChI is InChI=1S/C7H10N2OS/c1-2-11-6-9-5-8-4-3-7(9)10/h3-5H,2,6H2,1H3. The highest BCUT2D eigenvalue weighted by Gasteiger charge is 1.91. The molecule has 0 saturated carbocycles. The number of thioether (sulfide) groups is 1. The number of aromatic nitrogens is 2. The van der Waals surface area contributed by atoms with Crippen molar-refractivity contribution in [3.05, 3.63) is 28.9 Å². The Morgan fingerprint density at radius 1 is 1.73 bits per heavy atom. The summed E-state index contributed by atoms with van der Waals surface area (Å²) >= 11 is 1.70. The van der Waals surface area contributed by atoms with Crippen molar-refractivity contribution in [3.63, 3.8) is 0 Å². The second-order valence-corrected chi connectivity index (χ2v) is 3.25. The minimum absolute atomic E-state index is 0.0148. The molecule has 1 aromatic rings. The SMILES string of the molecule is CCSCn1cnccc1=O. The zero-order chi connectivity index (χ0) is 8.10. The molecule has 0 unspecified atom stereocenters. The molecule has 0 aromatic carbocycles. The lowest BCUT2D eigenvalue weighted by Gasteiger charge is -2.00. The molecule has 60 valence electrons. The van der Waals surface area contributed by atoms with Crippen molar-refractivity contribution in [3.8, 4) is 0 Å². The largest absolute Gasteiger partial charge is 0.289 e. The predicted octanol–water partition coefficient (Wildman–Crippen LogP) is 0.954. The van der Waals surface area contributed by atoms with Crippen molar-refractivity contribution in [2.24, 2.45) is 0 Å². The van der Waals surface area contributed by atoms with E-state index < -0.39 is 0 Å². The molecule has 11 heavy (non-hydrogen) atoms. The molecular weight excluding hydrogens is 160 g/mol. The molecule has 0 saturated heterocycles. The van der Waals surface area contributed by atoms with Crippen molar-refractivity contribution in [1.82, 2.24) is 9.55 Å².